The quantitative estimate of drug-likeness (QED) is 0.565. The van der Waals surface area contributed by atoms with Gasteiger partial charge >= 0.3 is 0 Å². The Hall–Kier alpha value is -2.34. The topological polar surface area (TPSA) is 85.0 Å². The summed E-state index contributed by atoms with van der Waals surface area (Å²) in [7, 11) is 0. The number of aryl methyl sites for hydroxylation is 2. The molecule has 0 saturated carbocycles. The van der Waals surface area contributed by atoms with Gasteiger partial charge in [-0.3, -0.25) is 15.3 Å². The number of nitrogens with zero attached hydrogens (tertiary/aromatic N) is 2. The second-order valence-corrected chi connectivity index (χ2v) is 4.73. The first kappa shape index (κ1) is 14.1. The molecule has 4 N–H and O–H groups in total. The molecule has 0 bridgehead atoms. The zero-order valence-electron chi connectivity index (χ0n) is 11.7. The number of nitrogens with two attached hydrogens (primary N) is 1. The number of amides is 1. The summed E-state index contributed by atoms with van der Waals surface area (Å²) >= 11 is 0. The van der Waals surface area contributed by atoms with Crippen molar-refractivity contribution in [3.63, 3.8) is 0 Å². The zero-order chi connectivity index (χ0) is 14.5. The van der Waals surface area contributed by atoms with E-state index < -0.39 is 0 Å². The molecule has 0 fully saturated rings. The molecular formula is C14H19N5O. The molecule has 0 aliphatic heterocycles. The number of hydrogen-bond donors (Lipinski definition) is 3. The highest BCUT2D eigenvalue weighted by Crippen LogP contribution is 2.16. The first-order valence-corrected chi connectivity index (χ1v) is 6.44. The fourth-order valence-electron chi connectivity index (χ4n) is 1.94. The minimum absolute atomic E-state index is 0.151. The van der Waals surface area contributed by atoms with Gasteiger partial charge in [-0.1, -0.05) is 6.07 Å². The molecule has 1 amide bonds. The van der Waals surface area contributed by atoms with E-state index in [1.54, 1.807) is 16.9 Å². The molecule has 2 aromatic rings. The van der Waals surface area contributed by atoms with Gasteiger partial charge < -0.3 is 10.7 Å². The van der Waals surface area contributed by atoms with Crippen molar-refractivity contribution in [1.82, 2.24) is 15.1 Å². The van der Waals surface area contributed by atoms with Crippen LogP contribution in [0.3, 0.4) is 0 Å². The van der Waals surface area contributed by atoms with E-state index in [1.165, 1.54) is 0 Å². The van der Waals surface area contributed by atoms with E-state index in [0.29, 0.717) is 24.3 Å². The van der Waals surface area contributed by atoms with Gasteiger partial charge in [-0.05, 0) is 37.1 Å². The van der Waals surface area contributed by atoms with E-state index in [-0.39, 0.29) is 5.91 Å². The Balaban J connectivity index is 1.95. The zero-order valence-corrected chi connectivity index (χ0v) is 11.7. The highest BCUT2D eigenvalue weighted by molar-refractivity contribution is 5.99. The molecule has 6 heteroatoms. The van der Waals surface area contributed by atoms with Crippen LogP contribution in [0, 0.1) is 13.8 Å². The van der Waals surface area contributed by atoms with Gasteiger partial charge in [0.1, 0.15) is 0 Å². The molecular weight excluding hydrogens is 254 g/mol. The number of hydrazine groups is 1. The van der Waals surface area contributed by atoms with Crippen LogP contribution >= 0.6 is 0 Å². The minimum atomic E-state index is -0.151. The summed E-state index contributed by atoms with van der Waals surface area (Å²) < 4.78 is 1.80. The molecule has 0 aliphatic rings. The van der Waals surface area contributed by atoms with E-state index in [0.717, 1.165) is 11.1 Å². The Morgan fingerprint density at radius 3 is 2.80 bits per heavy atom. The van der Waals surface area contributed by atoms with Gasteiger partial charge in [0.2, 0.25) is 0 Å². The van der Waals surface area contributed by atoms with Gasteiger partial charge in [0.05, 0.1) is 24.0 Å². The number of nitrogens with one attached hydrogen (secondary N) is 2. The Labute approximate surface area is 117 Å². The summed E-state index contributed by atoms with van der Waals surface area (Å²) in [5.41, 5.74) is 5.85. The smallest absolute Gasteiger partial charge is 0.253 e. The molecule has 2 rings (SSSR count). The van der Waals surface area contributed by atoms with Gasteiger partial charge in [0.25, 0.3) is 5.91 Å². The van der Waals surface area contributed by atoms with Gasteiger partial charge in [-0.25, -0.2) is 0 Å². The molecule has 0 atom stereocenters. The van der Waals surface area contributed by atoms with Crippen molar-refractivity contribution in [2.24, 2.45) is 5.84 Å². The third kappa shape index (κ3) is 3.36. The van der Waals surface area contributed by atoms with Crippen LogP contribution in [-0.4, -0.2) is 22.2 Å². The summed E-state index contributed by atoms with van der Waals surface area (Å²) in [6.07, 6.45) is 3.73. The van der Waals surface area contributed by atoms with Crippen LogP contribution in [0.4, 0.5) is 5.69 Å². The highest BCUT2D eigenvalue weighted by Gasteiger charge is 2.10. The maximum atomic E-state index is 12.1. The molecule has 1 aromatic carbocycles. The second kappa shape index (κ2) is 6.21. The van der Waals surface area contributed by atoms with Gasteiger partial charge in [-0.2, -0.15) is 5.10 Å². The van der Waals surface area contributed by atoms with Crippen molar-refractivity contribution in [2.75, 3.05) is 12.0 Å². The standard InChI is InChI=1S/C14H19N5O/c1-10-3-4-12(13(7-10)18-15)14(20)16-5-6-19-9-11(2)8-17-19/h3-4,7-9,18H,5-6,15H2,1-2H3,(H,16,20). The fraction of sp³-hybridized carbons (Fsp3) is 0.286. The number of benzene rings is 1. The molecule has 106 valence electrons. The molecule has 0 spiro atoms. The number of anilines is 1. The summed E-state index contributed by atoms with van der Waals surface area (Å²) in [6.45, 7) is 5.07. The summed E-state index contributed by atoms with van der Waals surface area (Å²) in [4.78, 5) is 12.1. The van der Waals surface area contributed by atoms with E-state index >= 15 is 0 Å². The SMILES string of the molecule is Cc1ccc(C(=O)NCCn2cc(C)cn2)c(NN)c1. The maximum Gasteiger partial charge on any atom is 0.253 e. The number of hydrogen-bond acceptors (Lipinski definition) is 4. The van der Waals surface area contributed by atoms with Crippen molar-refractivity contribution in [2.45, 2.75) is 20.4 Å². The van der Waals surface area contributed by atoms with E-state index in [9.17, 15) is 4.79 Å². The van der Waals surface area contributed by atoms with Crippen molar-refractivity contribution >= 4 is 11.6 Å². The van der Waals surface area contributed by atoms with Gasteiger partial charge in [0, 0.05) is 12.7 Å². The minimum Gasteiger partial charge on any atom is -0.350 e. The van der Waals surface area contributed by atoms with Gasteiger partial charge in [0.15, 0.2) is 0 Å². The van der Waals surface area contributed by atoms with Crippen LogP contribution in [0.5, 0.6) is 0 Å². The predicted molar refractivity (Wildman–Crippen MR) is 78.3 cm³/mol. The lowest BCUT2D eigenvalue weighted by atomic mass is 10.1. The first-order chi connectivity index (χ1) is 9.60. The van der Waals surface area contributed by atoms with Crippen molar-refractivity contribution in [3.05, 3.63) is 47.3 Å². The monoisotopic (exact) mass is 273 g/mol. The molecule has 0 unspecified atom stereocenters. The molecule has 20 heavy (non-hydrogen) atoms. The first-order valence-electron chi connectivity index (χ1n) is 6.44. The molecule has 1 heterocycles. The molecule has 0 aliphatic carbocycles. The Bertz CT molecular complexity index is 605. The number of rotatable bonds is 5. The summed E-state index contributed by atoms with van der Waals surface area (Å²) in [5.74, 6) is 5.28. The van der Waals surface area contributed by atoms with Crippen molar-refractivity contribution in [3.8, 4) is 0 Å². The van der Waals surface area contributed by atoms with Crippen molar-refractivity contribution in [1.29, 1.82) is 0 Å². The third-order valence-electron chi connectivity index (χ3n) is 2.96. The number of aromatic nitrogens is 2. The van der Waals surface area contributed by atoms with Crippen molar-refractivity contribution < 1.29 is 4.79 Å². The van der Waals surface area contributed by atoms with Crippen LogP contribution in [0.1, 0.15) is 21.5 Å². The number of carbonyl (C=O) groups excluding carboxylic acids is 1. The molecule has 1 aromatic heterocycles. The van der Waals surface area contributed by atoms with Crippen LogP contribution in [-0.2, 0) is 6.54 Å². The lowest BCUT2D eigenvalue weighted by molar-refractivity contribution is 0.0952. The van der Waals surface area contributed by atoms with E-state index in [1.807, 2.05) is 32.2 Å². The average molecular weight is 273 g/mol. The van der Waals surface area contributed by atoms with Gasteiger partial charge in [-0.15, -0.1) is 0 Å². The maximum absolute atomic E-state index is 12.1. The van der Waals surface area contributed by atoms with Crippen LogP contribution in [0.15, 0.2) is 30.6 Å². The lowest BCUT2D eigenvalue weighted by Gasteiger charge is -2.10. The Morgan fingerprint density at radius 2 is 2.15 bits per heavy atom. The Kier molecular flexibility index (Phi) is 4.37. The highest BCUT2D eigenvalue weighted by atomic mass is 16.1. The largest absolute Gasteiger partial charge is 0.350 e. The average Bonchev–Trinajstić information content (AvgIpc) is 2.84. The Morgan fingerprint density at radius 1 is 1.35 bits per heavy atom. The van der Waals surface area contributed by atoms with E-state index in [4.69, 9.17) is 5.84 Å². The summed E-state index contributed by atoms with van der Waals surface area (Å²) in [6, 6.07) is 5.48. The fourth-order valence-corrected chi connectivity index (χ4v) is 1.94. The molecule has 6 nitrogen and oxygen atoms in total. The molecule has 0 saturated heterocycles. The predicted octanol–water partition coefficient (Wildman–Crippen LogP) is 1.22. The lowest BCUT2D eigenvalue weighted by Crippen LogP contribution is -2.28. The second-order valence-electron chi connectivity index (χ2n) is 4.73. The molecule has 0 radical (unpaired) electrons. The van der Waals surface area contributed by atoms with Crippen LogP contribution in [0.25, 0.3) is 0 Å². The number of carbonyl (C=O) groups is 1. The number of nitrogen functional groups attached to an aromatic ring is 1. The summed E-state index contributed by atoms with van der Waals surface area (Å²) in [5, 5.41) is 7.02. The third-order valence-corrected chi connectivity index (χ3v) is 2.96. The normalized spacial score (nSPS) is 10.3. The van der Waals surface area contributed by atoms with E-state index in [2.05, 4.69) is 15.8 Å². The van der Waals surface area contributed by atoms with Crippen LogP contribution < -0.4 is 16.6 Å². The van der Waals surface area contributed by atoms with Crippen LogP contribution in [0.2, 0.25) is 0 Å².